The molecule has 0 aliphatic rings. The van der Waals surface area contributed by atoms with Gasteiger partial charge >= 0.3 is 0 Å². The summed E-state index contributed by atoms with van der Waals surface area (Å²) in [7, 11) is 0. The molecule has 0 amide bonds. The Kier molecular flexibility index (Phi) is 1.37. The van der Waals surface area contributed by atoms with E-state index in [1.807, 2.05) is 0 Å². The van der Waals surface area contributed by atoms with E-state index >= 15 is 0 Å². The van der Waals surface area contributed by atoms with Gasteiger partial charge in [0.25, 0.3) is 0 Å². The SMILES string of the molecule is [2H]C([2H])(N)c1ccc(Cl)cc1. The number of halogens is 1. The van der Waals surface area contributed by atoms with Gasteiger partial charge in [-0.3, -0.25) is 0 Å². The van der Waals surface area contributed by atoms with Crippen molar-refractivity contribution in [3.63, 3.8) is 0 Å². The van der Waals surface area contributed by atoms with Gasteiger partial charge in [-0.05, 0) is 17.7 Å². The molecule has 0 spiro atoms. The van der Waals surface area contributed by atoms with Crippen LogP contribution in [0.15, 0.2) is 24.3 Å². The molecule has 0 atom stereocenters. The number of hydrogen-bond acceptors (Lipinski definition) is 1. The van der Waals surface area contributed by atoms with Crippen molar-refractivity contribution in [1.29, 1.82) is 0 Å². The molecule has 1 aromatic carbocycles. The minimum absolute atomic E-state index is 0.432. The maximum Gasteiger partial charge on any atom is 0.0477 e. The Hall–Kier alpha value is -0.530. The normalized spacial score (nSPS) is 14.4. The molecule has 0 fully saturated rings. The molecular formula is C7H8ClN. The molecule has 0 aliphatic carbocycles. The first kappa shape index (κ1) is 4.31. The van der Waals surface area contributed by atoms with Crippen LogP contribution in [0.1, 0.15) is 8.30 Å². The summed E-state index contributed by atoms with van der Waals surface area (Å²) in [6.07, 6.45) is 0. The van der Waals surface area contributed by atoms with Crippen LogP contribution in [-0.4, -0.2) is 0 Å². The molecule has 2 heteroatoms. The zero-order valence-corrected chi connectivity index (χ0v) is 5.52. The van der Waals surface area contributed by atoms with Crippen LogP contribution in [0.25, 0.3) is 0 Å². The highest BCUT2D eigenvalue weighted by Crippen LogP contribution is 2.08. The summed E-state index contributed by atoms with van der Waals surface area (Å²) in [6.45, 7) is -1.77. The lowest BCUT2D eigenvalue weighted by atomic mass is 10.2. The Balaban J connectivity index is 2.99. The quantitative estimate of drug-likeness (QED) is 0.638. The Morgan fingerprint density at radius 1 is 1.44 bits per heavy atom. The summed E-state index contributed by atoms with van der Waals surface area (Å²) < 4.78 is 14.3. The van der Waals surface area contributed by atoms with E-state index in [0.29, 0.717) is 10.6 Å². The molecule has 0 aliphatic heterocycles. The predicted molar refractivity (Wildman–Crippen MR) is 39.3 cm³/mol. The number of rotatable bonds is 1. The summed E-state index contributed by atoms with van der Waals surface area (Å²) in [5.74, 6) is 0. The molecular weight excluding hydrogens is 134 g/mol. The highest BCUT2D eigenvalue weighted by Gasteiger charge is 1.86. The second-order valence-corrected chi connectivity index (χ2v) is 2.09. The van der Waals surface area contributed by atoms with Gasteiger partial charge in [-0.15, -0.1) is 0 Å². The van der Waals surface area contributed by atoms with E-state index in [1.165, 1.54) is 0 Å². The third-order valence-corrected chi connectivity index (χ3v) is 1.26. The van der Waals surface area contributed by atoms with E-state index < -0.39 is 6.50 Å². The second kappa shape index (κ2) is 2.85. The molecule has 9 heavy (non-hydrogen) atoms. The largest absolute Gasteiger partial charge is 0.326 e. The molecule has 1 nitrogen and oxygen atoms in total. The molecule has 1 rings (SSSR count). The van der Waals surface area contributed by atoms with Crippen LogP contribution < -0.4 is 5.73 Å². The van der Waals surface area contributed by atoms with Gasteiger partial charge in [-0.25, -0.2) is 0 Å². The highest BCUT2D eigenvalue weighted by molar-refractivity contribution is 6.30. The Morgan fingerprint density at radius 2 is 2.00 bits per heavy atom. The molecule has 0 radical (unpaired) electrons. The van der Waals surface area contributed by atoms with E-state index in [-0.39, 0.29) is 0 Å². The van der Waals surface area contributed by atoms with Gasteiger partial charge in [0.05, 0.1) is 0 Å². The van der Waals surface area contributed by atoms with Crippen LogP contribution in [0.4, 0.5) is 0 Å². The molecule has 0 aromatic heterocycles. The summed E-state index contributed by atoms with van der Waals surface area (Å²) in [4.78, 5) is 0. The van der Waals surface area contributed by atoms with Crippen LogP contribution in [-0.2, 0) is 6.50 Å². The molecule has 1 aromatic rings. The van der Waals surface area contributed by atoms with Crippen LogP contribution in [0, 0.1) is 0 Å². The fourth-order valence-corrected chi connectivity index (χ4v) is 0.672. The summed E-state index contributed by atoms with van der Waals surface area (Å²) in [5.41, 5.74) is 5.63. The molecule has 48 valence electrons. The van der Waals surface area contributed by atoms with Crippen molar-refractivity contribution in [2.75, 3.05) is 0 Å². The Labute approximate surface area is 62.2 Å². The molecule has 0 bridgehead atoms. The maximum atomic E-state index is 7.14. The first-order valence-corrected chi connectivity index (χ1v) is 2.93. The number of hydrogen-bond donors (Lipinski definition) is 1. The first-order valence-electron chi connectivity index (χ1n) is 3.55. The number of nitrogens with two attached hydrogens (primary N) is 1. The van der Waals surface area contributed by atoms with Gasteiger partial charge in [-0.1, -0.05) is 23.7 Å². The summed E-state index contributed by atoms with van der Waals surface area (Å²) in [5, 5.41) is 0.581. The lowest BCUT2D eigenvalue weighted by molar-refractivity contribution is 1.07. The monoisotopic (exact) mass is 143 g/mol. The third kappa shape index (κ3) is 1.70. The van der Waals surface area contributed by atoms with Crippen molar-refractivity contribution >= 4 is 11.6 Å². The molecule has 0 saturated heterocycles. The molecule has 0 saturated carbocycles. The average molecular weight is 144 g/mol. The molecule has 0 heterocycles. The van der Waals surface area contributed by atoms with Crippen molar-refractivity contribution < 1.29 is 2.74 Å². The average Bonchev–Trinajstić information content (AvgIpc) is 1.86. The standard InChI is InChI=1S/C7H8ClN/c8-7-3-1-6(5-9)2-4-7/h1-4H,5,9H2/i5D2. The smallest absolute Gasteiger partial charge is 0.0477 e. The lowest BCUT2D eigenvalue weighted by Gasteiger charge is -1.93. The lowest BCUT2D eigenvalue weighted by Crippen LogP contribution is -1.94. The Bertz CT molecular complexity index is 240. The minimum atomic E-state index is -1.77. The van der Waals surface area contributed by atoms with Gasteiger partial charge in [0, 0.05) is 14.3 Å². The van der Waals surface area contributed by atoms with Crippen molar-refractivity contribution in [3.05, 3.63) is 34.9 Å². The van der Waals surface area contributed by atoms with E-state index in [2.05, 4.69) is 0 Å². The minimum Gasteiger partial charge on any atom is -0.326 e. The Morgan fingerprint density at radius 3 is 2.44 bits per heavy atom. The van der Waals surface area contributed by atoms with Crippen LogP contribution >= 0.6 is 11.6 Å². The highest BCUT2D eigenvalue weighted by atomic mass is 35.5. The van der Waals surface area contributed by atoms with Crippen molar-refractivity contribution in [3.8, 4) is 0 Å². The fraction of sp³-hybridized carbons (Fsp3) is 0.143. The first-order chi connectivity index (χ1) is 5.00. The van der Waals surface area contributed by atoms with Gasteiger partial charge in [0.15, 0.2) is 0 Å². The fourth-order valence-electron chi connectivity index (χ4n) is 0.546. The third-order valence-electron chi connectivity index (χ3n) is 1.01. The van der Waals surface area contributed by atoms with E-state index in [1.54, 1.807) is 24.3 Å². The van der Waals surface area contributed by atoms with Crippen molar-refractivity contribution in [2.24, 2.45) is 5.73 Å². The van der Waals surface area contributed by atoms with Crippen LogP contribution in [0.3, 0.4) is 0 Å². The van der Waals surface area contributed by atoms with E-state index in [9.17, 15) is 0 Å². The van der Waals surface area contributed by atoms with Crippen LogP contribution in [0.5, 0.6) is 0 Å². The van der Waals surface area contributed by atoms with E-state index in [4.69, 9.17) is 20.1 Å². The molecule has 0 unspecified atom stereocenters. The van der Waals surface area contributed by atoms with Gasteiger partial charge in [-0.2, -0.15) is 0 Å². The van der Waals surface area contributed by atoms with E-state index in [0.717, 1.165) is 0 Å². The number of benzene rings is 1. The summed E-state index contributed by atoms with van der Waals surface area (Å²) in [6, 6.07) is 6.37. The summed E-state index contributed by atoms with van der Waals surface area (Å²) >= 11 is 5.60. The zero-order valence-electron chi connectivity index (χ0n) is 6.76. The van der Waals surface area contributed by atoms with Crippen molar-refractivity contribution in [1.82, 2.24) is 0 Å². The topological polar surface area (TPSA) is 26.0 Å². The van der Waals surface area contributed by atoms with Gasteiger partial charge < -0.3 is 5.73 Å². The van der Waals surface area contributed by atoms with Gasteiger partial charge in [0.2, 0.25) is 0 Å². The van der Waals surface area contributed by atoms with Crippen molar-refractivity contribution in [2.45, 2.75) is 6.50 Å². The molecule has 2 N–H and O–H groups in total. The zero-order chi connectivity index (χ0) is 8.48. The predicted octanol–water partition coefficient (Wildman–Crippen LogP) is 1.80. The maximum absolute atomic E-state index is 7.14. The second-order valence-electron chi connectivity index (χ2n) is 1.65. The van der Waals surface area contributed by atoms with Gasteiger partial charge in [0.1, 0.15) is 0 Å². The van der Waals surface area contributed by atoms with Crippen LogP contribution in [0.2, 0.25) is 5.02 Å².